The molecule has 1 aromatic carbocycles. The van der Waals surface area contributed by atoms with Gasteiger partial charge in [-0.15, -0.1) is 0 Å². The van der Waals surface area contributed by atoms with Crippen LogP contribution in [0.4, 0.5) is 5.69 Å². The van der Waals surface area contributed by atoms with Gasteiger partial charge in [-0.05, 0) is 38.0 Å². The largest absolute Gasteiger partial charge is 0.374 e. The molecule has 20 heavy (non-hydrogen) atoms. The van der Waals surface area contributed by atoms with Crippen molar-refractivity contribution in [3.63, 3.8) is 0 Å². The van der Waals surface area contributed by atoms with Gasteiger partial charge in [0.05, 0.1) is 11.6 Å². The molecule has 0 heterocycles. The molecule has 4 nitrogen and oxygen atoms in total. The van der Waals surface area contributed by atoms with Crippen molar-refractivity contribution in [2.45, 2.75) is 46.1 Å². The van der Waals surface area contributed by atoms with Crippen molar-refractivity contribution in [3.8, 4) is 6.07 Å². The zero-order chi connectivity index (χ0) is 15.0. The Morgan fingerprint density at radius 1 is 1.40 bits per heavy atom. The monoisotopic (exact) mass is 273 g/mol. The maximum absolute atomic E-state index is 11.9. The summed E-state index contributed by atoms with van der Waals surface area (Å²) >= 11 is 0. The minimum absolute atomic E-state index is 0.0112. The minimum atomic E-state index is -0.315. The number of hydrogen-bond acceptors (Lipinski definition) is 3. The third kappa shape index (κ3) is 4.93. The van der Waals surface area contributed by atoms with Crippen molar-refractivity contribution in [1.29, 1.82) is 5.26 Å². The molecular weight excluding hydrogens is 250 g/mol. The van der Waals surface area contributed by atoms with Gasteiger partial charge in [0, 0.05) is 12.2 Å². The number of carbonyl (C=O) groups excluding carboxylic acids is 1. The zero-order valence-corrected chi connectivity index (χ0v) is 12.5. The molecule has 0 spiro atoms. The van der Waals surface area contributed by atoms with Crippen molar-refractivity contribution in [2.24, 2.45) is 0 Å². The lowest BCUT2D eigenvalue weighted by Gasteiger charge is -2.17. The van der Waals surface area contributed by atoms with E-state index in [1.165, 1.54) is 0 Å². The summed E-state index contributed by atoms with van der Waals surface area (Å²) in [6, 6.07) is 7.22. The Morgan fingerprint density at radius 2 is 2.15 bits per heavy atom. The Kier molecular flexibility index (Phi) is 6.58. The van der Waals surface area contributed by atoms with E-state index in [-0.39, 0.29) is 11.9 Å². The molecule has 0 aliphatic heterocycles. The van der Waals surface area contributed by atoms with Gasteiger partial charge in [-0.25, -0.2) is 0 Å². The molecule has 0 fully saturated rings. The highest BCUT2D eigenvalue weighted by Gasteiger charge is 2.13. The third-order valence-electron chi connectivity index (χ3n) is 3.21. The Balaban J connectivity index is 2.55. The first kappa shape index (κ1) is 16.0. The lowest BCUT2D eigenvalue weighted by molar-refractivity contribution is -0.121. The molecule has 0 radical (unpaired) electrons. The number of anilines is 1. The first-order chi connectivity index (χ1) is 9.58. The van der Waals surface area contributed by atoms with Crippen LogP contribution in [0.5, 0.6) is 0 Å². The van der Waals surface area contributed by atoms with Gasteiger partial charge < -0.3 is 10.6 Å². The SMILES string of the molecule is CCCCCNC(=O)C(C)Nc1cc(C#N)ccc1C. The molecule has 0 aliphatic rings. The highest BCUT2D eigenvalue weighted by atomic mass is 16.2. The van der Waals surface area contributed by atoms with Crippen LogP contribution < -0.4 is 10.6 Å². The van der Waals surface area contributed by atoms with Crippen LogP contribution in [0, 0.1) is 18.3 Å². The molecule has 0 saturated carbocycles. The summed E-state index contributed by atoms with van der Waals surface area (Å²) in [7, 11) is 0. The highest BCUT2D eigenvalue weighted by molar-refractivity contribution is 5.84. The van der Waals surface area contributed by atoms with Crippen molar-refractivity contribution < 1.29 is 4.79 Å². The van der Waals surface area contributed by atoms with E-state index >= 15 is 0 Å². The fraction of sp³-hybridized carbons (Fsp3) is 0.500. The molecule has 0 saturated heterocycles. The van der Waals surface area contributed by atoms with Gasteiger partial charge in [-0.2, -0.15) is 5.26 Å². The number of nitrogens with zero attached hydrogens (tertiary/aromatic N) is 1. The molecule has 0 aromatic heterocycles. The van der Waals surface area contributed by atoms with E-state index in [0.29, 0.717) is 5.56 Å². The van der Waals surface area contributed by atoms with Crippen LogP contribution in [-0.4, -0.2) is 18.5 Å². The van der Waals surface area contributed by atoms with Gasteiger partial charge in [0.1, 0.15) is 6.04 Å². The van der Waals surface area contributed by atoms with Crippen LogP contribution >= 0.6 is 0 Å². The lowest BCUT2D eigenvalue weighted by Crippen LogP contribution is -2.38. The van der Waals surface area contributed by atoms with Gasteiger partial charge in [0.15, 0.2) is 0 Å². The fourth-order valence-electron chi connectivity index (χ4n) is 1.89. The summed E-state index contributed by atoms with van der Waals surface area (Å²) in [5.41, 5.74) is 2.45. The maximum atomic E-state index is 11.9. The molecule has 4 heteroatoms. The van der Waals surface area contributed by atoms with Crippen LogP contribution in [0.25, 0.3) is 0 Å². The lowest BCUT2D eigenvalue weighted by atomic mass is 10.1. The Hall–Kier alpha value is -2.02. The number of nitriles is 1. The highest BCUT2D eigenvalue weighted by Crippen LogP contribution is 2.17. The number of carbonyl (C=O) groups is 1. The van der Waals surface area contributed by atoms with Crippen molar-refractivity contribution in [1.82, 2.24) is 5.32 Å². The third-order valence-corrected chi connectivity index (χ3v) is 3.21. The van der Waals surface area contributed by atoms with E-state index < -0.39 is 0 Å². The van der Waals surface area contributed by atoms with Crippen LogP contribution in [0.3, 0.4) is 0 Å². The first-order valence-corrected chi connectivity index (χ1v) is 7.13. The van der Waals surface area contributed by atoms with Crippen molar-refractivity contribution in [2.75, 3.05) is 11.9 Å². The van der Waals surface area contributed by atoms with Gasteiger partial charge in [0.25, 0.3) is 0 Å². The average molecular weight is 273 g/mol. The number of unbranched alkanes of at least 4 members (excludes halogenated alkanes) is 2. The van der Waals surface area contributed by atoms with Crippen LogP contribution in [-0.2, 0) is 4.79 Å². The summed E-state index contributed by atoms with van der Waals surface area (Å²) < 4.78 is 0. The number of benzene rings is 1. The number of aryl methyl sites for hydroxylation is 1. The topological polar surface area (TPSA) is 64.9 Å². The normalized spacial score (nSPS) is 11.5. The van der Waals surface area contributed by atoms with Gasteiger partial charge in [-0.1, -0.05) is 25.8 Å². The summed E-state index contributed by atoms with van der Waals surface area (Å²) in [4.78, 5) is 11.9. The van der Waals surface area contributed by atoms with Gasteiger partial charge >= 0.3 is 0 Å². The van der Waals surface area contributed by atoms with E-state index in [2.05, 4.69) is 23.6 Å². The summed E-state index contributed by atoms with van der Waals surface area (Å²) in [5.74, 6) is -0.0112. The van der Waals surface area contributed by atoms with Gasteiger partial charge in [0.2, 0.25) is 5.91 Å². The summed E-state index contributed by atoms with van der Waals surface area (Å²) in [6.07, 6.45) is 3.28. The maximum Gasteiger partial charge on any atom is 0.242 e. The van der Waals surface area contributed by atoms with E-state index in [0.717, 1.165) is 37.1 Å². The van der Waals surface area contributed by atoms with Gasteiger partial charge in [-0.3, -0.25) is 4.79 Å². The average Bonchev–Trinajstić information content (AvgIpc) is 2.45. The Morgan fingerprint density at radius 3 is 2.80 bits per heavy atom. The quantitative estimate of drug-likeness (QED) is 0.751. The van der Waals surface area contributed by atoms with Crippen LogP contribution in [0.15, 0.2) is 18.2 Å². The molecule has 1 aromatic rings. The fourth-order valence-corrected chi connectivity index (χ4v) is 1.89. The van der Waals surface area contributed by atoms with E-state index in [1.54, 1.807) is 12.1 Å². The number of amides is 1. The smallest absolute Gasteiger partial charge is 0.242 e. The molecule has 1 rings (SSSR count). The van der Waals surface area contributed by atoms with E-state index in [1.807, 2.05) is 19.9 Å². The standard InChI is InChI=1S/C16H23N3O/c1-4-5-6-9-18-16(20)13(3)19-15-10-14(11-17)8-7-12(15)2/h7-8,10,13,19H,4-6,9H2,1-3H3,(H,18,20). The Bertz CT molecular complexity index is 491. The second-order valence-corrected chi connectivity index (χ2v) is 5.01. The van der Waals surface area contributed by atoms with E-state index in [9.17, 15) is 4.79 Å². The number of rotatable bonds is 7. The van der Waals surface area contributed by atoms with Crippen LogP contribution in [0.2, 0.25) is 0 Å². The molecular formula is C16H23N3O. The predicted octanol–water partition coefficient (Wildman–Crippen LogP) is 2.97. The molecule has 1 unspecified atom stereocenters. The first-order valence-electron chi connectivity index (χ1n) is 7.13. The summed E-state index contributed by atoms with van der Waals surface area (Å²) in [5, 5.41) is 15.0. The molecule has 108 valence electrons. The molecule has 0 bridgehead atoms. The second kappa shape index (κ2) is 8.21. The van der Waals surface area contributed by atoms with Crippen molar-refractivity contribution >= 4 is 11.6 Å². The zero-order valence-electron chi connectivity index (χ0n) is 12.5. The molecule has 1 atom stereocenters. The number of hydrogen-bond donors (Lipinski definition) is 2. The number of nitrogens with one attached hydrogen (secondary N) is 2. The molecule has 2 N–H and O–H groups in total. The predicted molar refractivity (Wildman–Crippen MR) is 81.5 cm³/mol. The Labute approximate surface area is 121 Å². The summed E-state index contributed by atoms with van der Waals surface area (Å²) in [6.45, 7) is 6.63. The molecule has 1 amide bonds. The second-order valence-electron chi connectivity index (χ2n) is 5.01. The van der Waals surface area contributed by atoms with Crippen LogP contribution in [0.1, 0.15) is 44.2 Å². The van der Waals surface area contributed by atoms with Crippen molar-refractivity contribution in [3.05, 3.63) is 29.3 Å². The molecule has 0 aliphatic carbocycles. The van der Waals surface area contributed by atoms with E-state index in [4.69, 9.17) is 5.26 Å². The minimum Gasteiger partial charge on any atom is -0.374 e.